The van der Waals surface area contributed by atoms with Crippen LogP contribution in [0, 0.1) is 5.82 Å². The van der Waals surface area contributed by atoms with Crippen molar-refractivity contribution in [1.82, 2.24) is 9.73 Å². The average molecular weight is 460 g/mol. The summed E-state index contributed by atoms with van der Waals surface area (Å²) in [6.07, 6.45) is 1.34. The second-order valence-electron chi connectivity index (χ2n) is 6.56. The van der Waals surface area contributed by atoms with E-state index in [0.717, 1.165) is 9.87 Å². The number of rotatable bonds is 8. The minimum atomic E-state index is -3.97. The number of hydrogen-bond donors (Lipinski definition) is 1. The van der Waals surface area contributed by atoms with Crippen molar-refractivity contribution in [1.29, 1.82) is 0 Å². The molecular formula is C22H19ClFN3O3S. The van der Waals surface area contributed by atoms with Gasteiger partial charge in [0, 0.05) is 11.6 Å². The molecule has 0 unspecified atom stereocenters. The monoisotopic (exact) mass is 459 g/mol. The summed E-state index contributed by atoms with van der Waals surface area (Å²) >= 11 is 5.86. The van der Waals surface area contributed by atoms with E-state index in [1.54, 1.807) is 24.3 Å². The highest BCUT2D eigenvalue weighted by Gasteiger charge is 2.26. The van der Waals surface area contributed by atoms with Gasteiger partial charge in [-0.25, -0.2) is 18.2 Å². The minimum absolute atomic E-state index is 0.000889. The Hall–Kier alpha value is -3.07. The first-order valence-corrected chi connectivity index (χ1v) is 11.0. The van der Waals surface area contributed by atoms with E-state index in [-0.39, 0.29) is 17.3 Å². The maximum Gasteiger partial charge on any atom is 0.255 e. The summed E-state index contributed by atoms with van der Waals surface area (Å²) in [5, 5.41) is 4.22. The predicted molar refractivity (Wildman–Crippen MR) is 118 cm³/mol. The number of hydrazone groups is 1. The van der Waals surface area contributed by atoms with Crippen molar-refractivity contribution in [2.75, 3.05) is 6.54 Å². The molecule has 0 atom stereocenters. The van der Waals surface area contributed by atoms with Crippen molar-refractivity contribution in [3.63, 3.8) is 0 Å². The van der Waals surface area contributed by atoms with E-state index in [2.05, 4.69) is 10.5 Å². The van der Waals surface area contributed by atoms with Crippen molar-refractivity contribution >= 4 is 33.7 Å². The Morgan fingerprint density at radius 1 is 1.00 bits per heavy atom. The third-order valence-electron chi connectivity index (χ3n) is 4.25. The van der Waals surface area contributed by atoms with E-state index in [1.807, 2.05) is 6.07 Å². The van der Waals surface area contributed by atoms with Gasteiger partial charge in [-0.05, 0) is 47.5 Å². The van der Waals surface area contributed by atoms with Crippen molar-refractivity contribution in [3.05, 3.63) is 101 Å². The van der Waals surface area contributed by atoms with Gasteiger partial charge in [-0.3, -0.25) is 4.79 Å². The molecule has 0 heterocycles. The highest BCUT2D eigenvalue weighted by Crippen LogP contribution is 2.20. The molecular weight excluding hydrogens is 441 g/mol. The fourth-order valence-electron chi connectivity index (χ4n) is 2.69. The van der Waals surface area contributed by atoms with Crippen LogP contribution in [0.5, 0.6) is 0 Å². The highest BCUT2D eigenvalue weighted by atomic mass is 35.5. The van der Waals surface area contributed by atoms with Gasteiger partial charge in [0.05, 0.1) is 17.7 Å². The first kappa shape index (κ1) is 22.6. The van der Waals surface area contributed by atoms with Gasteiger partial charge in [0.25, 0.3) is 5.91 Å². The molecule has 1 amide bonds. The zero-order valence-electron chi connectivity index (χ0n) is 16.3. The number of sulfonamides is 1. The zero-order valence-corrected chi connectivity index (χ0v) is 17.9. The molecule has 160 valence electrons. The largest absolute Gasteiger partial charge is 0.272 e. The Morgan fingerprint density at radius 3 is 2.29 bits per heavy atom. The molecule has 1 N–H and O–H groups in total. The number of nitrogens with one attached hydrogen (secondary N) is 1. The number of halogens is 2. The summed E-state index contributed by atoms with van der Waals surface area (Å²) in [6.45, 7) is -0.443. The Bertz CT molecular complexity index is 1150. The number of hydrogen-bond acceptors (Lipinski definition) is 4. The summed E-state index contributed by atoms with van der Waals surface area (Å²) in [4.78, 5) is 12.4. The van der Waals surface area contributed by atoms with Gasteiger partial charge in [0.1, 0.15) is 5.82 Å². The van der Waals surface area contributed by atoms with Crippen LogP contribution in [-0.2, 0) is 21.4 Å². The number of benzene rings is 3. The summed E-state index contributed by atoms with van der Waals surface area (Å²) in [6, 6.07) is 20.2. The summed E-state index contributed by atoms with van der Waals surface area (Å²) in [5.74, 6) is -1.00. The molecule has 0 spiro atoms. The van der Waals surface area contributed by atoms with E-state index < -0.39 is 22.5 Å². The van der Waals surface area contributed by atoms with E-state index >= 15 is 0 Å². The molecule has 0 saturated carbocycles. The van der Waals surface area contributed by atoms with E-state index in [1.165, 1.54) is 54.7 Å². The Labute approximate surface area is 185 Å². The van der Waals surface area contributed by atoms with Gasteiger partial charge in [-0.1, -0.05) is 54.1 Å². The fourth-order valence-corrected chi connectivity index (χ4v) is 4.20. The van der Waals surface area contributed by atoms with Crippen LogP contribution >= 0.6 is 11.6 Å². The molecule has 0 saturated heterocycles. The molecule has 6 nitrogen and oxygen atoms in total. The lowest BCUT2D eigenvalue weighted by molar-refractivity contribution is -0.121. The molecule has 0 radical (unpaired) electrons. The summed E-state index contributed by atoms with van der Waals surface area (Å²) in [7, 11) is -3.97. The van der Waals surface area contributed by atoms with E-state index in [4.69, 9.17) is 11.6 Å². The van der Waals surface area contributed by atoms with Crippen LogP contribution in [0.15, 0.2) is 88.9 Å². The first-order chi connectivity index (χ1) is 14.8. The Morgan fingerprint density at radius 2 is 1.65 bits per heavy atom. The van der Waals surface area contributed by atoms with Crippen LogP contribution in [0.1, 0.15) is 11.1 Å². The van der Waals surface area contributed by atoms with Crippen molar-refractivity contribution < 1.29 is 17.6 Å². The van der Waals surface area contributed by atoms with Gasteiger partial charge >= 0.3 is 0 Å². The van der Waals surface area contributed by atoms with E-state index in [0.29, 0.717) is 10.6 Å². The van der Waals surface area contributed by atoms with Gasteiger partial charge < -0.3 is 0 Å². The van der Waals surface area contributed by atoms with Gasteiger partial charge in [-0.15, -0.1) is 0 Å². The normalized spacial score (nSPS) is 11.7. The smallest absolute Gasteiger partial charge is 0.255 e. The first-order valence-electron chi connectivity index (χ1n) is 9.22. The topological polar surface area (TPSA) is 78.8 Å². The van der Waals surface area contributed by atoms with Crippen LogP contribution in [0.2, 0.25) is 5.02 Å². The van der Waals surface area contributed by atoms with Crippen LogP contribution in [0.4, 0.5) is 4.39 Å². The Kier molecular flexibility index (Phi) is 7.51. The van der Waals surface area contributed by atoms with Crippen LogP contribution in [-0.4, -0.2) is 31.4 Å². The number of amides is 1. The molecule has 0 aliphatic carbocycles. The maximum atomic E-state index is 13.1. The van der Waals surface area contributed by atoms with Gasteiger partial charge in [-0.2, -0.15) is 9.41 Å². The standard InChI is InChI=1S/C22H19ClFN3O3S/c23-19-8-12-21(13-9-19)31(29,30)27(15-18-4-2-1-3-5-18)16-22(28)26-25-14-17-6-10-20(24)11-7-17/h1-14H,15-16H2,(H,26,28)/b25-14-. The molecule has 31 heavy (non-hydrogen) atoms. The number of carbonyl (C=O) groups excluding carboxylic acids is 1. The minimum Gasteiger partial charge on any atom is -0.272 e. The lowest BCUT2D eigenvalue weighted by atomic mass is 10.2. The highest BCUT2D eigenvalue weighted by molar-refractivity contribution is 7.89. The third kappa shape index (κ3) is 6.45. The zero-order chi connectivity index (χ0) is 22.3. The van der Waals surface area contributed by atoms with Crippen LogP contribution in [0.25, 0.3) is 0 Å². The third-order valence-corrected chi connectivity index (χ3v) is 6.30. The van der Waals surface area contributed by atoms with Crippen molar-refractivity contribution in [2.45, 2.75) is 11.4 Å². The fraction of sp³-hybridized carbons (Fsp3) is 0.0909. The number of nitrogens with zero attached hydrogens (tertiary/aromatic N) is 2. The summed E-state index contributed by atoms with van der Waals surface area (Å²) in [5.41, 5.74) is 3.61. The van der Waals surface area contributed by atoms with Gasteiger partial charge in [0.2, 0.25) is 10.0 Å². The lowest BCUT2D eigenvalue weighted by Crippen LogP contribution is -2.39. The maximum absolute atomic E-state index is 13.1. The quantitative estimate of drug-likeness (QED) is 0.411. The summed E-state index contributed by atoms with van der Waals surface area (Å²) < 4.78 is 40.3. The molecule has 0 aliphatic rings. The molecule has 3 rings (SSSR count). The van der Waals surface area contributed by atoms with Crippen LogP contribution < -0.4 is 5.43 Å². The molecule has 3 aromatic carbocycles. The van der Waals surface area contributed by atoms with Crippen LogP contribution in [0.3, 0.4) is 0 Å². The second kappa shape index (κ2) is 10.3. The van der Waals surface area contributed by atoms with Gasteiger partial charge in [0.15, 0.2) is 0 Å². The van der Waals surface area contributed by atoms with Crippen molar-refractivity contribution in [2.24, 2.45) is 5.10 Å². The predicted octanol–water partition coefficient (Wildman–Crippen LogP) is 3.82. The molecule has 0 aromatic heterocycles. The molecule has 0 fully saturated rings. The molecule has 3 aromatic rings. The molecule has 0 bridgehead atoms. The Balaban J connectivity index is 1.76. The second-order valence-corrected chi connectivity index (χ2v) is 8.93. The average Bonchev–Trinajstić information content (AvgIpc) is 2.76. The van der Waals surface area contributed by atoms with E-state index in [9.17, 15) is 17.6 Å². The molecule has 0 aliphatic heterocycles. The number of carbonyl (C=O) groups is 1. The lowest BCUT2D eigenvalue weighted by Gasteiger charge is -2.21. The SMILES string of the molecule is O=C(CN(Cc1ccccc1)S(=O)(=O)c1ccc(Cl)cc1)N/N=C\c1ccc(F)cc1. The molecule has 9 heteroatoms. The van der Waals surface area contributed by atoms with Crippen molar-refractivity contribution in [3.8, 4) is 0 Å².